The first-order chi connectivity index (χ1) is 25.3. The molecule has 292 valence electrons. The fourth-order valence-corrected chi connectivity index (χ4v) is 8.88. The molecule has 2 heterocycles. The van der Waals surface area contributed by atoms with Gasteiger partial charge in [-0.2, -0.15) is 0 Å². The van der Waals surface area contributed by atoms with Crippen molar-refractivity contribution in [3.8, 4) is 5.75 Å². The summed E-state index contributed by atoms with van der Waals surface area (Å²) in [6.45, 7) is 13.2. The first-order valence-corrected chi connectivity index (χ1v) is 19.9. The third-order valence-corrected chi connectivity index (χ3v) is 13.0. The molecule has 13 nitrogen and oxygen atoms in total. The minimum absolute atomic E-state index is 0.00181. The highest BCUT2D eigenvalue weighted by Crippen LogP contribution is 2.47. The summed E-state index contributed by atoms with van der Waals surface area (Å²) < 4.78 is 45.4. The number of rotatable bonds is 8. The monoisotopic (exact) mass is 764 g/mol. The number of benzene rings is 2. The first kappa shape index (κ1) is 39.3. The van der Waals surface area contributed by atoms with E-state index in [1.807, 2.05) is 56.3 Å². The largest absolute Gasteiger partial charge is 0.496 e. The van der Waals surface area contributed by atoms with Crippen LogP contribution in [0.2, 0.25) is 0 Å². The van der Waals surface area contributed by atoms with Gasteiger partial charge in [0.2, 0.25) is 21.8 Å². The van der Waals surface area contributed by atoms with Gasteiger partial charge in [0.1, 0.15) is 29.0 Å². The topological polar surface area (TPSA) is 169 Å². The highest BCUT2D eigenvalue weighted by Gasteiger charge is 2.62. The third-order valence-electron chi connectivity index (χ3n) is 11.2. The molecule has 2 aliphatic carbocycles. The van der Waals surface area contributed by atoms with Crippen molar-refractivity contribution >= 4 is 50.7 Å². The fourth-order valence-electron chi connectivity index (χ4n) is 7.52. The molecule has 5 atom stereocenters. The molecule has 0 aromatic heterocycles. The predicted molar refractivity (Wildman–Crippen MR) is 204 cm³/mol. The highest BCUT2D eigenvalue weighted by atomic mass is 32.2. The molecule has 4 amide bonds. The van der Waals surface area contributed by atoms with E-state index < -0.39 is 79.1 Å². The Morgan fingerprint density at radius 2 is 1.80 bits per heavy atom. The van der Waals surface area contributed by atoms with Crippen LogP contribution in [0.1, 0.15) is 77.8 Å². The van der Waals surface area contributed by atoms with Crippen molar-refractivity contribution in [3.63, 3.8) is 0 Å². The van der Waals surface area contributed by atoms with Crippen molar-refractivity contribution in [2.75, 3.05) is 27.4 Å². The molecule has 3 N–H and O–H groups in total. The molecule has 0 radical (unpaired) electrons. The summed E-state index contributed by atoms with van der Waals surface area (Å²) >= 11 is 0. The van der Waals surface area contributed by atoms with Gasteiger partial charge in [0, 0.05) is 30.4 Å². The average molecular weight is 765 g/mol. The number of ether oxygens (including phenoxy) is 3. The van der Waals surface area contributed by atoms with E-state index in [1.165, 1.54) is 18.1 Å². The Morgan fingerprint density at radius 3 is 2.41 bits per heavy atom. The zero-order chi connectivity index (χ0) is 39.4. The number of methoxy groups -OCH3 is 2. The maximum absolute atomic E-state index is 14.8. The second kappa shape index (κ2) is 14.0. The molecule has 2 aliphatic heterocycles. The first-order valence-electron chi connectivity index (χ1n) is 18.4. The molecule has 3 fully saturated rings. The fraction of sp³-hybridized carbons (Fsp3) is 0.550. The van der Waals surface area contributed by atoms with Gasteiger partial charge in [-0.15, -0.1) is 6.58 Å². The summed E-state index contributed by atoms with van der Waals surface area (Å²) in [5.41, 5.74) is -2.47. The quantitative estimate of drug-likeness (QED) is 0.327. The number of nitrogens with zero attached hydrogens (tertiary/aromatic N) is 1. The minimum Gasteiger partial charge on any atom is -0.496 e. The minimum atomic E-state index is -3.91. The lowest BCUT2D eigenvalue weighted by Crippen LogP contribution is -2.60. The van der Waals surface area contributed by atoms with Crippen LogP contribution in [0.25, 0.3) is 16.8 Å². The Hall–Kier alpha value is -4.43. The number of sulfonamides is 1. The van der Waals surface area contributed by atoms with Crippen LogP contribution in [0, 0.1) is 16.7 Å². The number of carbonyl (C=O) groups excluding carboxylic acids is 4. The van der Waals surface area contributed by atoms with Crippen molar-refractivity contribution in [2.45, 2.75) is 95.2 Å². The lowest BCUT2D eigenvalue weighted by Gasteiger charge is -2.36. The maximum Gasteiger partial charge on any atom is 0.407 e. The lowest BCUT2D eigenvalue weighted by atomic mass is 9.85. The molecular formula is C40H52N4O9S. The van der Waals surface area contributed by atoms with Crippen molar-refractivity contribution < 1.29 is 41.8 Å². The van der Waals surface area contributed by atoms with Crippen LogP contribution in [0.15, 0.2) is 49.1 Å². The van der Waals surface area contributed by atoms with E-state index in [-0.39, 0.29) is 26.0 Å². The summed E-state index contributed by atoms with van der Waals surface area (Å²) in [7, 11) is -0.778. The summed E-state index contributed by atoms with van der Waals surface area (Å²) in [5, 5.41) is 6.78. The molecule has 2 aromatic rings. The number of carbonyl (C=O) groups is 4. The third kappa shape index (κ3) is 7.59. The van der Waals surface area contributed by atoms with E-state index in [1.54, 1.807) is 27.9 Å². The number of alkyl carbamates (subject to hydrolysis) is 1. The van der Waals surface area contributed by atoms with Crippen LogP contribution < -0.4 is 20.1 Å². The normalized spacial score (nSPS) is 28.5. The molecule has 4 aliphatic rings. The van der Waals surface area contributed by atoms with Crippen molar-refractivity contribution in [1.82, 2.24) is 20.3 Å². The van der Waals surface area contributed by atoms with Crippen LogP contribution in [0.5, 0.6) is 5.75 Å². The number of nitrogens with one attached hydrogen (secondary N) is 3. The van der Waals surface area contributed by atoms with Crippen LogP contribution in [-0.4, -0.2) is 87.4 Å². The van der Waals surface area contributed by atoms with E-state index in [9.17, 15) is 27.6 Å². The summed E-state index contributed by atoms with van der Waals surface area (Å²) in [4.78, 5) is 57.7. The van der Waals surface area contributed by atoms with Gasteiger partial charge in [0.25, 0.3) is 5.91 Å². The van der Waals surface area contributed by atoms with Gasteiger partial charge >= 0.3 is 6.09 Å². The predicted octanol–water partition coefficient (Wildman–Crippen LogP) is 4.54. The van der Waals surface area contributed by atoms with E-state index >= 15 is 0 Å². The molecule has 2 saturated carbocycles. The number of cyclic esters (lactones) is 1. The van der Waals surface area contributed by atoms with Crippen molar-refractivity contribution in [2.24, 2.45) is 16.7 Å². The summed E-state index contributed by atoms with van der Waals surface area (Å²) in [5.74, 6) is -1.89. The second-order valence-corrected chi connectivity index (χ2v) is 19.0. The van der Waals surface area contributed by atoms with Gasteiger partial charge in [-0.05, 0) is 65.6 Å². The van der Waals surface area contributed by atoms with Gasteiger partial charge in [0.05, 0.1) is 25.5 Å². The summed E-state index contributed by atoms with van der Waals surface area (Å²) in [6.07, 6.45) is 6.37. The molecule has 54 heavy (non-hydrogen) atoms. The highest BCUT2D eigenvalue weighted by molar-refractivity contribution is 7.91. The van der Waals surface area contributed by atoms with E-state index in [4.69, 9.17) is 14.2 Å². The van der Waals surface area contributed by atoms with E-state index in [0.717, 1.165) is 16.3 Å². The van der Waals surface area contributed by atoms with Gasteiger partial charge < -0.3 is 29.7 Å². The molecule has 5 bridgehead atoms. The van der Waals surface area contributed by atoms with Gasteiger partial charge in [-0.1, -0.05) is 65.0 Å². The zero-order valence-electron chi connectivity index (χ0n) is 32.1. The molecule has 2 aromatic carbocycles. The van der Waals surface area contributed by atoms with Gasteiger partial charge in [0.15, 0.2) is 0 Å². The molecule has 0 unspecified atom stereocenters. The summed E-state index contributed by atoms with van der Waals surface area (Å²) in [6, 6.07) is 7.48. The second-order valence-electron chi connectivity index (χ2n) is 17.0. The average Bonchev–Trinajstić information content (AvgIpc) is 4.04. The van der Waals surface area contributed by atoms with Gasteiger partial charge in [-0.3, -0.25) is 19.1 Å². The standard InChI is InChI=1S/C40H52N4O9S/c1-9-27-20-40(27,35(47)43-54(49,50)29-14-15-29)42-33(45)30-21-39(52-8)22-44(30)34(46)32(37(2,3)4)41-36(48)53-23-38(5,6)16-10-11-25-17-26-18-28(39)13-12-24(26)19-31(25)51-7/h9-13,17-19,27,29-30,32H,1,14-16,20-23H2,2-8H3,(H,41,48)(H,42,45)(H,43,47)/t27-,30+,32-,39+,40-/m1/s1. The molecule has 0 spiro atoms. The number of hydrogen-bond acceptors (Lipinski definition) is 9. The molecule has 14 heteroatoms. The van der Waals surface area contributed by atoms with E-state index in [0.29, 0.717) is 30.6 Å². The Kier molecular flexibility index (Phi) is 10.2. The molecule has 6 rings (SSSR count). The smallest absolute Gasteiger partial charge is 0.407 e. The van der Waals surface area contributed by atoms with Crippen LogP contribution in [-0.2, 0) is 39.5 Å². The van der Waals surface area contributed by atoms with Gasteiger partial charge in [-0.25, -0.2) is 13.2 Å². The molecular weight excluding hydrogens is 713 g/mol. The number of fused-ring (bicyclic) bond motifs is 5. The Balaban J connectivity index is 1.44. The van der Waals surface area contributed by atoms with Crippen molar-refractivity contribution in [3.05, 3.63) is 60.2 Å². The number of hydrogen-bond donors (Lipinski definition) is 3. The van der Waals surface area contributed by atoms with Crippen molar-refractivity contribution in [1.29, 1.82) is 0 Å². The Labute approximate surface area is 317 Å². The molecule has 1 saturated heterocycles. The lowest BCUT2D eigenvalue weighted by molar-refractivity contribution is -0.143. The number of allylic oxidation sites excluding steroid dienone is 1. The van der Waals surface area contributed by atoms with Crippen LogP contribution in [0.3, 0.4) is 0 Å². The Morgan fingerprint density at radius 1 is 1.07 bits per heavy atom. The SMILES string of the molecule is C=C[C@@H]1C[C@]1(NC(=O)[C@@H]1C[C@]2(OC)CN1C(=O)[C@H](C(C)(C)C)NC(=O)OCC(C)(C)CC=Cc1cc3cc2ccc3cc1OC)C(=O)NS(=O)(=O)C1CC1. The number of amides is 4. The Bertz CT molecular complexity index is 2020. The van der Waals surface area contributed by atoms with Crippen LogP contribution in [0.4, 0.5) is 4.79 Å². The van der Waals surface area contributed by atoms with E-state index in [2.05, 4.69) is 21.9 Å². The maximum atomic E-state index is 14.8. The van der Waals surface area contributed by atoms with Crippen LogP contribution >= 0.6 is 0 Å². The zero-order valence-corrected chi connectivity index (χ0v) is 32.9.